The summed E-state index contributed by atoms with van der Waals surface area (Å²) in [6.07, 6.45) is -0.353. The van der Waals surface area contributed by atoms with Crippen molar-refractivity contribution in [2.45, 2.75) is 31.8 Å². The Morgan fingerprint density at radius 2 is 1.64 bits per heavy atom. The first-order valence-electron chi connectivity index (χ1n) is 10.7. The van der Waals surface area contributed by atoms with E-state index in [4.69, 9.17) is 14.3 Å². The molecular formula is C25H24N2O6. The number of hydrogen-bond acceptors (Lipinski definition) is 5. The summed E-state index contributed by atoms with van der Waals surface area (Å²) in [5.41, 5.74) is 4.55. The van der Waals surface area contributed by atoms with E-state index in [1.165, 1.54) is 6.07 Å². The second-order valence-corrected chi connectivity index (χ2v) is 7.72. The molecule has 8 heteroatoms. The summed E-state index contributed by atoms with van der Waals surface area (Å²) in [4.78, 5) is 35.5. The van der Waals surface area contributed by atoms with Gasteiger partial charge in [-0.2, -0.15) is 0 Å². The highest BCUT2D eigenvalue weighted by Gasteiger charge is 2.29. The van der Waals surface area contributed by atoms with Crippen LogP contribution < -0.4 is 10.6 Å². The first-order chi connectivity index (χ1) is 16.0. The molecule has 1 heterocycles. The van der Waals surface area contributed by atoms with E-state index in [0.29, 0.717) is 5.76 Å². The summed E-state index contributed by atoms with van der Waals surface area (Å²) in [5, 5.41) is 14.0. The highest BCUT2D eigenvalue weighted by atomic mass is 16.5. The first-order valence-corrected chi connectivity index (χ1v) is 10.7. The number of ether oxygens (including phenoxy) is 1. The topological polar surface area (TPSA) is 118 Å². The molecule has 4 rings (SSSR count). The van der Waals surface area contributed by atoms with Gasteiger partial charge in [-0.1, -0.05) is 55.5 Å². The second-order valence-electron chi connectivity index (χ2n) is 7.72. The number of furan rings is 1. The van der Waals surface area contributed by atoms with Gasteiger partial charge in [-0.15, -0.1) is 0 Å². The summed E-state index contributed by atoms with van der Waals surface area (Å²) in [6.45, 7) is 1.88. The van der Waals surface area contributed by atoms with Crippen LogP contribution in [-0.4, -0.2) is 35.7 Å². The molecule has 1 atom stereocenters. The van der Waals surface area contributed by atoms with Crippen molar-refractivity contribution in [2.75, 3.05) is 6.61 Å². The Morgan fingerprint density at radius 3 is 2.24 bits per heavy atom. The van der Waals surface area contributed by atoms with Gasteiger partial charge in [0.25, 0.3) is 5.91 Å². The minimum absolute atomic E-state index is 0.0279. The van der Waals surface area contributed by atoms with Crippen LogP contribution in [0.4, 0.5) is 4.79 Å². The normalized spacial score (nSPS) is 13.0. The summed E-state index contributed by atoms with van der Waals surface area (Å²) in [7, 11) is 0. The molecule has 0 aliphatic heterocycles. The fourth-order valence-electron chi connectivity index (χ4n) is 3.97. The van der Waals surface area contributed by atoms with Crippen molar-refractivity contribution in [2.24, 2.45) is 0 Å². The lowest BCUT2D eigenvalue weighted by Gasteiger charge is -2.14. The van der Waals surface area contributed by atoms with Crippen LogP contribution in [0.2, 0.25) is 0 Å². The average molecular weight is 448 g/mol. The van der Waals surface area contributed by atoms with E-state index in [-0.39, 0.29) is 31.3 Å². The van der Waals surface area contributed by atoms with Crippen molar-refractivity contribution in [3.63, 3.8) is 0 Å². The van der Waals surface area contributed by atoms with Crippen LogP contribution in [0, 0.1) is 0 Å². The Kier molecular flexibility index (Phi) is 6.44. The van der Waals surface area contributed by atoms with Gasteiger partial charge in [0.15, 0.2) is 5.76 Å². The standard InChI is InChI=1S/C25H24N2O6/c1-2-21(24(29)30)27-23(28)22-12-11-15(33-22)13-26-25(31)32-14-20-18-9-5-3-7-16(18)17-8-4-6-10-19(17)20/h3-12,20-21H,2,13-14H2,1H3,(H,26,31)(H,27,28)(H,29,30)/t21-/m1/s1. The quantitative estimate of drug-likeness (QED) is 0.481. The average Bonchev–Trinajstić information content (AvgIpc) is 3.42. The summed E-state index contributed by atoms with van der Waals surface area (Å²) in [6, 6.07) is 18.1. The molecule has 3 N–H and O–H groups in total. The number of rotatable bonds is 8. The number of benzene rings is 2. The Hall–Kier alpha value is -4.07. The van der Waals surface area contributed by atoms with Crippen LogP contribution in [0.3, 0.4) is 0 Å². The Morgan fingerprint density at radius 1 is 1.00 bits per heavy atom. The lowest BCUT2D eigenvalue weighted by molar-refractivity contribution is -0.139. The zero-order valence-electron chi connectivity index (χ0n) is 18.0. The van der Waals surface area contributed by atoms with Gasteiger partial charge in [0.05, 0.1) is 6.54 Å². The highest BCUT2D eigenvalue weighted by Crippen LogP contribution is 2.44. The van der Waals surface area contributed by atoms with Crippen LogP contribution in [0.1, 0.15) is 46.7 Å². The van der Waals surface area contributed by atoms with E-state index < -0.39 is 24.0 Å². The highest BCUT2D eigenvalue weighted by molar-refractivity contribution is 5.94. The third-order valence-electron chi connectivity index (χ3n) is 5.65. The smallest absolute Gasteiger partial charge is 0.407 e. The van der Waals surface area contributed by atoms with Crippen molar-refractivity contribution in [3.8, 4) is 11.1 Å². The van der Waals surface area contributed by atoms with E-state index in [2.05, 4.69) is 22.8 Å². The second kappa shape index (κ2) is 9.60. The molecule has 0 radical (unpaired) electrons. The predicted octanol–water partition coefficient (Wildman–Crippen LogP) is 3.91. The minimum atomic E-state index is -1.12. The molecule has 33 heavy (non-hydrogen) atoms. The Bertz CT molecular complexity index is 1140. The molecule has 8 nitrogen and oxygen atoms in total. The van der Waals surface area contributed by atoms with E-state index in [1.807, 2.05) is 36.4 Å². The molecule has 1 aromatic heterocycles. The monoisotopic (exact) mass is 448 g/mol. The summed E-state index contributed by atoms with van der Waals surface area (Å²) >= 11 is 0. The maximum atomic E-state index is 12.3. The fourth-order valence-corrected chi connectivity index (χ4v) is 3.97. The summed E-state index contributed by atoms with van der Waals surface area (Å²) in [5.74, 6) is -1.47. The number of aliphatic carboxylic acids is 1. The number of carboxylic acids is 1. The van der Waals surface area contributed by atoms with Crippen molar-refractivity contribution in [3.05, 3.63) is 83.3 Å². The first kappa shape index (κ1) is 22.1. The number of fused-ring (bicyclic) bond motifs is 3. The van der Waals surface area contributed by atoms with Crippen LogP contribution in [0.25, 0.3) is 11.1 Å². The van der Waals surface area contributed by atoms with Crippen LogP contribution >= 0.6 is 0 Å². The molecule has 0 spiro atoms. The lowest BCUT2D eigenvalue weighted by atomic mass is 9.98. The van der Waals surface area contributed by atoms with Gasteiger partial charge in [-0.05, 0) is 40.8 Å². The third kappa shape index (κ3) is 4.74. The molecule has 0 saturated heterocycles. The van der Waals surface area contributed by atoms with Crippen LogP contribution in [0.15, 0.2) is 65.1 Å². The van der Waals surface area contributed by atoms with Crippen molar-refractivity contribution >= 4 is 18.0 Å². The number of alkyl carbamates (subject to hydrolysis) is 1. The molecular weight excluding hydrogens is 424 g/mol. The van der Waals surface area contributed by atoms with Crippen molar-refractivity contribution < 1.29 is 28.6 Å². The maximum absolute atomic E-state index is 12.3. The van der Waals surface area contributed by atoms with Gasteiger partial charge >= 0.3 is 12.1 Å². The number of nitrogens with one attached hydrogen (secondary N) is 2. The number of carbonyl (C=O) groups excluding carboxylic acids is 2. The number of carbonyl (C=O) groups is 3. The Labute approximate surface area is 190 Å². The third-order valence-corrected chi connectivity index (χ3v) is 5.65. The number of hydrogen-bond donors (Lipinski definition) is 3. The van der Waals surface area contributed by atoms with Crippen molar-refractivity contribution in [1.82, 2.24) is 10.6 Å². The van der Waals surface area contributed by atoms with Gasteiger partial charge in [0, 0.05) is 5.92 Å². The van der Waals surface area contributed by atoms with Gasteiger partial charge < -0.3 is 24.9 Å². The summed E-state index contributed by atoms with van der Waals surface area (Å²) < 4.78 is 10.9. The molecule has 2 amide bonds. The largest absolute Gasteiger partial charge is 0.480 e. The predicted molar refractivity (Wildman–Crippen MR) is 120 cm³/mol. The molecule has 1 aliphatic carbocycles. The van der Waals surface area contributed by atoms with Gasteiger partial charge in [0.2, 0.25) is 0 Å². The zero-order valence-corrected chi connectivity index (χ0v) is 18.0. The molecule has 0 bridgehead atoms. The number of carboxylic acid groups (broad SMARTS) is 1. The molecule has 0 saturated carbocycles. The minimum Gasteiger partial charge on any atom is -0.480 e. The van der Waals surface area contributed by atoms with E-state index in [0.717, 1.165) is 22.3 Å². The molecule has 170 valence electrons. The fraction of sp³-hybridized carbons (Fsp3) is 0.240. The molecule has 0 fully saturated rings. The zero-order chi connectivity index (χ0) is 23.4. The molecule has 3 aromatic rings. The van der Waals surface area contributed by atoms with Crippen LogP contribution in [-0.2, 0) is 16.1 Å². The van der Waals surface area contributed by atoms with Gasteiger partial charge in [-0.3, -0.25) is 4.79 Å². The molecule has 1 aliphatic rings. The van der Waals surface area contributed by atoms with Gasteiger partial charge in [-0.25, -0.2) is 9.59 Å². The van der Waals surface area contributed by atoms with E-state index >= 15 is 0 Å². The van der Waals surface area contributed by atoms with E-state index in [9.17, 15) is 14.4 Å². The Balaban J connectivity index is 1.31. The SMILES string of the molecule is CC[C@@H](NC(=O)c1ccc(CNC(=O)OCC2c3ccccc3-c3ccccc32)o1)C(=O)O. The molecule has 0 unspecified atom stereocenters. The molecule has 2 aromatic carbocycles. The van der Waals surface area contributed by atoms with E-state index in [1.54, 1.807) is 13.0 Å². The maximum Gasteiger partial charge on any atom is 0.407 e. The van der Waals surface area contributed by atoms with Crippen molar-refractivity contribution in [1.29, 1.82) is 0 Å². The lowest BCUT2D eigenvalue weighted by Crippen LogP contribution is -2.40. The van der Waals surface area contributed by atoms with Gasteiger partial charge in [0.1, 0.15) is 18.4 Å². The van der Waals surface area contributed by atoms with Crippen LogP contribution in [0.5, 0.6) is 0 Å². The number of amides is 2.